The maximum Gasteiger partial charge on any atom is 0.230 e. The average Bonchev–Trinajstić information content (AvgIpc) is 3.31. The van der Waals surface area contributed by atoms with Gasteiger partial charge in [-0.2, -0.15) is 0 Å². The third-order valence-electron chi connectivity index (χ3n) is 4.96. The Balaban J connectivity index is 1.44. The van der Waals surface area contributed by atoms with Gasteiger partial charge in [-0.15, -0.1) is 0 Å². The van der Waals surface area contributed by atoms with Crippen LogP contribution in [0.1, 0.15) is 41.6 Å². The van der Waals surface area contributed by atoms with Gasteiger partial charge in [0.2, 0.25) is 5.91 Å². The lowest BCUT2D eigenvalue weighted by atomic mass is 9.96. The van der Waals surface area contributed by atoms with E-state index in [1.165, 1.54) is 0 Å². The maximum atomic E-state index is 12.7. The number of hydrogen-bond donors (Lipinski definition) is 0. The van der Waals surface area contributed by atoms with Crippen LogP contribution in [0.3, 0.4) is 0 Å². The van der Waals surface area contributed by atoms with E-state index in [0.29, 0.717) is 12.3 Å². The topological polar surface area (TPSA) is 77.0 Å². The number of imidazole rings is 1. The van der Waals surface area contributed by atoms with Gasteiger partial charge in [-0.25, -0.2) is 4.98 Å². The predicted molar refractivity (Wildman–Crippen MR) is 99.1 cm³/mol. The average molecular weight is 365 g/mol. The molecule has 4 rings (SSSR count). The van der Waals surface area contributed by atoms with Gasteiger partial charge in [-0.3, -0.25) is 9.78 Å². The van der Waals surface area contributed by atoms with Crippen LogP contribution in [0, 0.1) is 6.92 Å². The summed E-state index contributed by atoms with van der Waals surface area (Å²) in [4.78, 5) is 23.4. The third kappa shape index (κ3) is 4.07. The number of carbonyl (C=O) groups excluding carboxylic acids is 1. The number of nitrogens with zero attached hydrogens (tertiary/aromatic N) is 5. The summed E-state index contributed by atoms with van der Waals surface area (Å²) in [5.41, 5.74) is 1.94. The second kappa shape index (κ2) is 7.73. The first-order valence-electron chi connectivity index (χ1n) is 9.29. The Morgan fingerprint density at radius 1 is 1.37 bits per heavy atom. The molecule has 0 unspecified atom stereocenters. The number of hydrogen-bond acceptors (Lipinski definition) is 5. The molecular formula is C20H23N5O2. The molecular weight excluding hydrogens is 342 g/mol. The van der Waals surface area contributed by atoms with E-state index in [2.05, 4.69) is 25.8 Å². The summed E-state index contributed by atoms with van der Waals surface area (Å²) in [5.74, 6) is 1.98. The van der Waals surface area contributed by atoms with Crippen LogP contribution in [-0.4, -0.2) is 43.6 Å². The minimum Gasteiger partial charge on any atom is -0.361 e. The molecule has 0 saturated carbocycles. The molecule has 1 aliphatic heterocycles. The molecule has 0 aromatic carbocycles. The van der Waals surface area contributed by atoms with Crippen molar-refractivity contribution in [3.05, 3.63) is 65.8 Å². The fraction of sp³-hybridized carbons (Fsp3) is 0.400. The first-order valence-corrected chi connectivity index (χ1v) is 9.29. The smallest absolute Gasteiger partial charge is 0.230 e. The van der Waals surface area contributed by atoms with Crippen LogP contribution in [0.5, 0.6) is 0 Å². The summed E-state index contributed by atoms with van der Waals surface area (Å²) < 4.78 is 7.35. The van der Waals surface area contributed by atoms with Crippen molar-refractivity contribution < 1.29 is 9.32 Å². The van der Waals surface area contributed by atoms with E-state index in [4.69, 9.17) is 4.52 Å². The van der Waals surface area contributed by atoms with Crippen LogP contribution in [0.25, 0.3) is 0 Å². The van der Waals surface area contributed by atoms with Crippen molar-refractivity contribution in [1.82, 2.24) is 24.6 Å². The lowest BCUT2D eigenvalue weighted by Gasteiger charge is -2.32. The highest BCUT2D eigenvalue weighted by molar-refractivity contribution is 5.78. The molecule has 0 N–H and O–H groups in total. The van der Waals surface area contributed by atoms with E-state index in [1.807, 2.05) is 42.5 Å². The molecule has 1 amide bonds. The molecule has 1 saturated heterocycles. The lowest BCUT2D eigenvalue weighted by Crippen LogP contribution is -2.40. The zero-order chi connectivity index (χ0) is 18.6. The highest BCUT2D eigenvalue weighted by atomic mass is 16.5. The molecule has 140 valence electrons. The summed E-state index contributed by atoms with van der Waals surface area (Å²) in [7, 11) is 0. The fourth-order valence-electron chi connectivity index (χ4n) is 3.68. The van der Waals surface area contributed by atoms with Gasteiger partial charge in [-0.1, -0.05) is 11.2 Å². The summed E-state index contributed by atoms with van der Waals surface area (Å²) in [6.07, 6.45) is 9.77. The van der Waals surface area contributed by atoms with Crippen molar-refractivity contribution in [2.75, 3.05) is 13.1 Å². The van der Waals surface area contributed by atoms with Gasteiger partial charge in [0, 0.05) is 49.9 Å². The lowest BCUT2D eigenvalue weighted by molar-refractivity contribution is -0.132. The summed E-state index contributed by atoms with van der Waals surface area (Å²) in [6, 6.07) is 5.82. The monoisotopic (exact) mass is 365 g/mol. The Kier molecular flexibility index (Phi) is 5.00. The van der Waals surface area contributed by atoms with Crippen molar-refractivity contribution in [2.24, 2.45) is 0 Å². The zero-order valence-electron chi connectivity index (χ0n) is 15.4. The number of amides is 1. The highest BCUT2D eigenvalue weighted by Crippen LogP contribution is 2.26. The Hall–Kier alpha value is -2.96. The molecule has 3 aromatic heterocycles. The number of aryl methyl sites for hydroxylation is 1. The van der Waals surface area contributed by atoms with Gasteiger partial charge in [0.15, 0.2) is 0 Å². The van der Waals surface area contributed by atoms with Crippen LogP contribution >= 0.6 is 0 Å². The van der Waals surface area contributed by atoms with Gasteiger partial charge in [0.25, 0.3) is 0 Å². The minimum atomic E-state index is 0.0845. The van der Waals surface area contributed by atoms with E-state index < -0.39 is 0 Å². The molecule has 3 aromatic rings. The van der Waals surface area contributed by atoms with Gasteiger partial charge in [-0.05, 0) is 31.4 Å². The number of piperidine rings is 1. The molecule has 1 fully saturated rings. The third-order valence-corrected chi connectivity index (χ3v) is 4.96. The van der Waals surface area contributed by atoms with Crippen molar-refractivity contribution in [3.63, 3.8) is 0 Å². The number of aromatic nitrogens is 4. The zero-order valence-corrected chi connectivity index (χ0v) is 15.4. The van der Waals surface area contributed by atoms with Gasteiger partial charge in [0.05, 0.1) is 18.7 Å². The fourth-order valence-corrected chi connectivity index (χ4v) is 3.68. The SMILES string of the molecule is Cc1cc(CC(=O)N2CCC[C@H](c3nccn3Cc3cccnc3)C2)on1. The molecule has 7 heteroatoms. The summed E-state index contributed by atoms with van der Waals surface area (Å²) in [5, 5.41) is 3.86. The number of rotatable bonds is 5. The van der Waals surface area contributed by atoms with E-state index in [1.54, 1.807) is 6.20 Å². The maximum absolute atomic E-state index is 12.7. The van der Waals surface area contributed by atoms with Crippen molar-refractivity contribution >= 4 is 5.91 Å². The van der Waals surface area contributed by atoms with Gasteiger partial charge >= 0.3 is 0 Å². The largest absolute Gasteiger partial charge is 0.361 e. The quantitative estimate of drug-likeness (QED) is 0.694. The number of pyridine rings is 1. The molecule has 1 atom stereocenters. The normalized spacial score (nSPS) is 17.2. The molecule has 4 heterocycles. The van der Waals surface area contributed by atoms with Gasteiger partial charge < -0.3 is 14.0 Å². The van der Waals surface area contributed by atoms with Crippen LogP contribution in [0.15, 0.2) is 47.5 Å². The Morgan fingerprint density at radius 3 is 3.07 bits per heavy atom. The van der Waals surface area contributed by atoms with Crippen molar-refractivity contribution in [3.8, 4) is 0 Å². The Bertz CT molecular complexity index is 902. The van der Waals surface area contributed by atoms with E-state index >= 15 is 0 Å². The second-order valence-corrected chi connectivity index (χ2v) is 7.06. The van der Waals surface area contributed by atoms with Crippen LogP contribution in [0.4, 0.5) is 0 Å². The first-order chi connectivity index (χ1) is 13.2. The standard InChI is InChI=1S/C20H23N5O2/c1-15-10-18(27-23-15)11-19(26)24-8-3-5-17(14-24)20-22-7-9-25(20)13-16-4-2-6-21-12-16/h2,4,6-7,9-10,12,17H,3,5,8,11,13-14H2,1H3/t17-/m0/s1. The molecule has 0 bridgehead atoms. The van der Waals surface area contributed by atoms with E-state index in [-0.39, 0.29) is 18.2 Å². The highest BCUT2D eigenvalue weighted by Gasteiger charge is 2.28. The molecule has 0 aliphatic carbocycles. The summed E-state index contributed by atoms with van der Waals surface area (Å²) in [6.45, 7) is 4.07. The second-order valence-electron chi connectivity index (χ2n) is 7.06. The molecule has 27 heavy (non-hydrogen) atoms. The van der Waals surface area contributed by atoms with Crippen molar-refractivity contribution in [1.29, 1.82) is 0 Å². The molecule has 7 nitrogen and oxygen atoms in total. The Labute approximate surface area is 158 Å². The summed E-state index contributed by atoms with van der Waals surface area (Å²) >= 11 is 0. The first kappa shape index (κ1) is 17.5. The number of likely N-dealkylation sites (tertiary alicyclic amines) is 1. The Morgan fingerprint density at radius 2 is 2.30 bits per heavy atom. The van der Waals surface area contributed by atoms with Crippen LogP contribution < -0.4 is 0 Å². The molecule has 0 spiro atoms. The van der Waals surface area contributed by atoms with Crippen LogP contribution in [0.2, 0.25) is 0 Å². The van der Waals surface area contributed by atoms with Crippen molar-refractivity contribution in [2.45, 2.75) is 38.6 Å². The minimum absolute atomic E-state index is 0.0845. The number of carbonyl (C=O) groups is 1. The molecule has 1 aliphatic rings. The van der Waals surface area contributed by atoms with E-state index in [9.17, 15) is 4.79 Å². The van der Waals surface area contributed by atoms with Gasteiger partial charge in [0.1, 0.15) is 11.6 Å². The van der Waals surface area contributed by atoms with E-state index in [0.717, 1.165) is 43.0 Å². The van der Waals surface area contributed by atoms with Crippen LogP contribution in [-0.2, 0) is 17.8 Å². The molecule has 0 radical (unpaired) electrons. The predicted octanol–water partition coefficient (Wildman–Crippen LogP) is 2.57.